The van der Waals surface area contributed by atoms with E-state index in [1.807, 2.05) is 20.8 Å². The second kappa shape index (κ2) is 8.88. The van der Waals surface area contributed by atoms with Gasteiger partial charge in [0, 0.05) is 18.2 Å². The third-order valence-corrected chi connectivity index (χ3v) is 4.40. The number of carbonyl (C=O) groups excluding carboxylic acids is 1. The predicted octanol–water partition coefficient (Wildman–Crippen LogP) is 5.40. The minimum atomic E-state index is -0.318. The largest absolute Gasteiger partial charge is 0.462 e. The van der Waals surface area contributed by atoms with Crippen LogP contribution in [0.2, 0.25) is 0 Å². The molecule has 0 bridgehead atoms. The fraction of sp³-hybridized carbons (Fsp3) is 0.435. The van der Waals surface area contributed by atoms with Gasteiger partial charge in [0.15, 0.2) is 0 Å². The lowest BCUT2D eigenvalue weighted by molar-refractivity contribution is -0.138. The number of rotatable bonds is 4. The molecule has 0 saturated carbocycles. The van der Waals surface area contributed by atoms with Gasteiger partial charge in [0.05, 0.1) is 0 Å². The third-order valence-electron chi connectivity index (χ3n) is 4.40. The van der Waals surface area contributed by atoms with E-state index in [0.717, 1.165) is 6.54 Å². The van der Waals surface area contributed by atoms with Gasteiger partial charge in [-0.15, -0.1) is 0 Å². The Morgan fingerprint density at radius 2 is 1.77 bits per heavy atom. The van der Waals surface area contributed by atoms with E-state index in [0.29, 0.717) is 12.4 Å². The third kappa shape index (κ3) is 6.21. The Morgan fingerprint density at radius 1 is 1.12 bits per heavy atom. The van der Waals surface area contributed by atoms with E-state index in [1.54, 1.807) is 0 Å². The number of benzene rings is 2. The Bertz CT molecular complexity index is 711. The number of para-hydroxylation sites is 1. The Morgan fingerprint density at radius 3 is 2.35 bits per heavy atom. The number of hydrogen-bond acceptors (Lipinski definition) is 3. The topological polar surface area (TPSA) is 38.3 Å². The number of nitrogens with one attached hydrogen (secondary N) is 1. The number of hydrogen-bond donors (Lipinski definition) is 1. The van der Waals surface area contributed by atoms with E-state index in [9.17, 15) is 4.79 Å². The molecule has 2 aromatic rings. The Hall–Kier alpha value is -2.29. The van der Waals surface area contributed by atoms with Crippen molar-refractivity contribution < 1.29 is 9.53 Å². The SMILES string of the molecule is CC(C)(C)OC=O.Cc1cc(C)cc(CCC2CNc3ccccc32)c1. The van der Waals surface area contributed by atoms with Crippen LogP contribution in [0.5, 0.6) is 0 Å². The van der Waals surface area contributed by atoms with E-state index < -0.39 is 0 Å². The molecule has 3 heteroatoms. The van der Waals surface area contributed by atoms with E-state index in [4.69, 9.17) is 0 Å². The van der Waals surface area contributed by atoms with Crippen molar-refractivity contribution >= 4 is 12.2 Å². The molecule has 1 aliphatic heterocycles. The molecule has 0 aromatic heterocycles. The van der Waals surface area contributed by atoms with Crippen molar-refractivity contribution in [1.29, 1.82) is 0 Å². The van der Waals surface area contributed by atoms with Crippen molar-refractivity contribution in [3.8, 4) is 0 Å². The fourth-order valence-corrected chi connectivity index (χ4v) is 3.31. The van der Waals surface area contributed by atoms with E-state index in [1.165, 1.54) is 40.8 Å². The minimum absolute atomic E-state index is 0.318. The first kappa shape index (κ1) is 20.0. The van der Waals surface area contributed by atoms with Gasteiger partial charge in [0.25, 0.3) is 6.47 Å². The molecule has 1 N–H and O–H groups in total. The van der Waals surface area contributed by atoms with E-state index >= 15 is 0 Å². The van der Waals surface area contributed by atoms with Gasteiger partial charge in [-0.1, -0.05) is 47.5 Å². The van der Waals surface area contributed by atoms with Crippen LogP contribution < -0.4 is 5.32 Å². The summed E-state index contributed by atoms with van der Waals surface area (Å²) in [6.45, 7) is 11.4. The molecule has 0 radical (unpaired) electrons. The lowest BCUT2D eigenvalue weighted by Gasteiger charge is -2.14. The summed E-state index contributed by atoms with van der Waals surface area (Å²) in [6.07, 6.45) is 2.40. The van der Waals surface area contributed by atoms with Crippen molar-refractivity contribution in [2.45, 2.75) is 59.0 Å². The quantitative estimate of drug-likeness (QED) is 0.748. The molecule has 1 heterocycles. The Balaban J connectivity index is 0.000000298. The van der Waals surface area contributed by atoms with Crippen LogP contribution in [-0.4, -0.2) is 18.6 Å². The number of fused-ring (bicyclic) bond motifs is 1. The maximum Gasteiger partial charge on any atom is 0.293 e. The molecule has 2 aromatic carbocycles. The van der Waals surface area contributed by atoms with Crippen LogP contribution in [0, 0.1) is 13.8 Å². The monoisotopic (exact) mass is 353 g/mol. The Kier molecular flexibility index (Phi) is 6.84. The summed E-state index contributed by atoms with van der Waals surface area (Å²) in [6, 6.07) is 15.6. The van der Waals surface area contributed by atoms with Crippen LogP contribution in [-0.2, 0) is 16.0 Å². The van der Waals surface area contributed by atoms with Crippen molar-refractivity contribution in [1.82, 2.24) is 0 Å². The first-order valence-electron chi connectivity index (χ1n) is 9.30. The maximum atomic E-state index is 9.60. The van der Waals surface area contributed by atoms with Gasteiger partial charge in [0.1, 0.15) is 5.60 Å². The summed E-state index contributed by atoms with van der Waals surface area (Å²) in [5.41, 5.74) is 6.73. The molecular formula is C23H31NO2. The van der Waals surface area contributed by atoms with Crippen LogP contribution in [0.1, 0.15) is 55.4 Å². The minimum Gasteiger partial charge on any atom is -0.462 e. The lowest BCUT2D eigenvalue weighted by Crippen LogP contribution is -2.17. The van der Waals surface area contributed by atoms with Crippen molar-refractivity contribution in [2.24, 2.45) is 0 Å². The van der Waals surface area contributed by atoms with Crippen molar-refractivity contribution in [3.05, 3.63) is 64.7 Å². The number of carbonyl (C=O) groups is 1. The van der Waals surface area contributed by atoms with Crippen LogP contribution in [0.25, 0.3) is 0 Å². The zero-order valence-corrected chi connectivity index (χ0v) is 16.6. The summed E-state index contributed by atoms with van der Waals surface area (Å²) in [7, 11) is 0. The molecule has 0 saturated heterocycles. The lowest BCUT2D eigenvalue weighted by atomic mass is 9.93. The van der Waals surface area contributed by atoms with Crippen LogP contribution in [0.3, 0.4) is 0 Å². The first-order valence-corrected chi connectivity index (χ1v) is 9.30. The van der Waals surface area contributed by atoms with Gasteiger partial charge in [-0.25, -0.2) is 0 Å². The van der Waals surface area contributed by atoms with Crippen LogP contribution in [0.4, 0.5) is 5.69 Å². The van der Waals surface area contributed by atoms with Crippen LogP contribution >= 0.6 is 0 Å². The van der Waals surface area contributed by atoms with Gasteiger partial charge in [-0.05, 0) is 64.7 Å². The summed E-state index contributed by atoms with van der Waals surface area (Å²) >= 11 is 0. The summed E-state index contributed by atoms with van der Waals surface area (Å²) in [5.74, 6) is 0.664. The summed E-state index contributed by atoms with van der Waals surface area (Å²) in [4.78, 5) is 9.60. The number of aryl methyl sites for hydroxylation is 3. The predicted molar refractivity (Wildman–Crippen MR) is 109 cm³/mol. The smallest absolute Gasteiger partial charge is 0.293 e. The molecule has 0 spiro atoms. The average Bonchev–Trinajstić information content (AvgIpc) is 2.95. The molecule has 3 rings (SSSR count). The second-order valence-corrected chi connectivity index (χ2v) is 8.03. The van der Waals surface area contributed by atoms with Crippen molar-refractivity contribution in [2.75, 3.05) is 11.9 Å². The normalized spacial score (nSPS) is 15.3. The molecule has 1 atom stereocenters. The van der Waals surface area contributed by atoms with E-state index in [2.05, 4.69) is 66.4 Å². The zero-order chi connectivity index (χ0) is 19.2. The molecule has 26 heavy (non-hydrogen) atoms. The highest BCUT2D eigenvalue weighted by molar-refractivity contribution is 5.57. The van der Waals surface area contributed by atoms with Gasteiger partial charge in [0.2, 0.25) is 0 Å². The average molecular weight is 354 g/mol. The molecule has 0 amide bonds. The molecule has 0 aliphatic carbocycles. The maximum absolute atomic E-state index is 9.60. The number of anilines is 1. The van der Waals surface area contributed by atoms with Gasteiger partial charge < -0.3 is 10.1 Å². The second-order valence-electron chi connectivity index (χ2n) is 8.03. The zero-order valence-electron chi connectivity index (χ0n) is 16.6. The summed E-state index contributed by atoms with van der Waals surface area (Å²) < 4.78 is 4.55. The molecular weight excluding hydrogens is 322 g/mol. The first-order chi connectivity index (χ1) is 12.3. The highest BCUT2D eigenvalue weighted by Gasteiger charge is 2.20. The molecule has 1 unspecified atom stereocenters. The number of ether oxygens (including phenoxy) is 1. The van der Waals surface area contributed by atoms with Crippen molar-refractivity contribution in [3.63, 3.8) is 0 Å². The fourth-order valence-electron chi connectivity index (χ4n) is 3.31. The van der Waals surface area contributed by atoms with E-state index in [-0.39, 0.29) is 5.60 Å². The highest BCUT2D eigenvalue weighted by atomic mass is 16.5. The van der Waals surface area contributed by atoms with Gasteiger partial charge in [-0.2, -0.15) is 0 Å². The Labute approximate surface area is 157 Å². The van der Waals surface area contributed by atoms with Crippen LogP contribution in [0.15, 0.2) is 42.5 Å². The molecule has 140 valence electrons. The van der Waals surface area contributed by atoms with Gasteiger partial charge >= 0.3 is 0 Å². The molecule has 0 fully saturated rings. The van der Waals surface area contributed by atoms with Gasteiger partial charge in [-0.3, -0.25) is 4.79 Å². The molecule has 1 aliphatic rings. The standard InChI is InChI=1S/C18H21N.C5H10O2/c1-13-9-14(2)11-15(10-13)7-8-16-12-19-18-6-4-3-5-17(16)18;1-5(2,3)7-4-6/h3-6,9-11,16,19H,7-8,12H2,1-2H3;4H,1-3H3. The molecule has 3 nitrogen and oxygen atoms in total. The summed E-state index contributed by atoms with van der Waals surface area (Å²) in [5, 5.41) is 3.51. The highest BCUT2D eigenvalue weighted by Crippen LogP contribution is 2.34.